The van der Waals surface area contributed by atoms with Crippen molar-refractivity contribution in [1.29, 1.82) is 0 Å². The maximum absolute atomic E-state index is 8.79. The molecule has 80 valence electrons. The lowest BCUT2D eigenvalue weighted by Gasteiger charge is -2.12. The molecular formula is C9H21NO3. The maximum Gasteiger partial charge on any atom is 0.0701 e. The molecule has 0 amide bonds. The smallest absolute Gasteiger partial charge is 0.0701 e. The maximum atomic E-state index is 8.79. The number of aliphatic hydroxyl groups is 1. The second kappa shape index (κ2) is 9.92. The van der Waals surface area contributed by atoms with E-state index < -0.39 is 0 Å². The van der Waals surface area contributed by atoms with Gasteiger partial charge in [-0.3, -0.25) is 0 Å². The van der Waals surface area contributed by atoms with E-state index in [9.17, 15) is 0 Å². The largest absolute Gasteiger partial charge is 0.395 e. The van der Waals surface area contributed by atoms with E-state index in [-0.39, 0.29) is 12.6 Å². The van der Waals surface area contributed by atoms with Crippen molar-refractivity contribution in [3.63, 3.8) is 0 Å². The highest BCUT2D eigenvalue weighted by molar-refractivity contribution is 4.59. The van der Waals surface area contributed by atoms with Gasteiger partial charge in [0.05, 0.1) is 32.5 Å². The molecule has 0 saturated carbocycles. The van der Waals surface area contributed by atoms with Gasteiger partial charge in [0.15, 0.2) is 0 Å². The molecule has 0 bridgehead atoms. The van der Waals surface area contributed by atoms with E-state index in [1.54, 1.807) is 7.05 Å². The summed E-state index contributed by atoms with van der Waals surface area (Å²) in [7, 11) is 1.80. The molecule has 0 aliphatic carbocycles. The third kappa shape index (κ3) is 8.18. The van der Waals surface area contributed by atoms with Crippen LogP contribution in [0.2, 0.25) is 0 Å². The molecule has 0 saturated heterocycles. The van der Waals surface area contributed by atoms with E-state index >= 15 is 0 Å². The number of hydrogen-bond donors (Lipinski definition) is 2. The minimum Gasteiger partial charge on any atom is -0.395 e. The first kappa shape index (κ1) is 12.8. The van der Waals surface area contributed by atoms with Gasteiger partial charge in [-0.15, -0.1) is 0 Å². The van der Waals surface area contributed by atoms with E-state index in [4.69, 9.17) is 14.6 Å². The van der Waals surface area contributed by atoms with Gasteiger partial charge in [0.2, 0.25) is 0 Å². The number of aliphatic hydroxyl groups excluding tert-OH is 1. The van der Waals surface area contributed by atoms with Crippen LogP contribution in [0.1, 0.15) is 13.3 Å². The first-order chi connectivity index (χ1) is 6.35. The Hall–Kier alpha value is -0.160. The summed E-state index contributed by atoms with van der Waals surface area (Å²) in [6.45, 7) is 4.73. The summed E-state index contributed by atoms with van der Waals surface area (Å²) in [5.74, 6) is 0. The lowest BCUT2D eigenvalue weighted by molar-refractivity contribution is 0.0331. The third-order valence-electron chi connectivity index (χ3n) is 1.67. The quantitative estimate of drug-likeness (QED) is 0.504. The van der Waals surface area contributed by atoms with Crippen LogP contribution in [0.5, 0.6) is 0 Å². The minimum absolute atomic E-state index is 0.0335. The van der Waals surface area contributed by atoms with Crippen LogP contribution in [-0.4, -0.2) is 51.2 Å². The predicted octanol–water partition coefficient (Wildman–Crippen LogP) is 0.00990. The molecule has 0 aliphatic rings. The molecule has 4 heteroatoms. The Bertz CT molecular complexity index is 96.9. The summed E-state index contributed by atoms with van der Waals surface area (Å²) in [5.41, 5.74) is 0. The topological polar surface area (TPSA) is 50.7 Å². The van der Waals surface area contributed by atoms with E-state index in [0.29, 0.717) is 19.8 Å². The second-order valence-electron chi connectivity index (χ2n) is 2.86. The zero-order valence-corrected chi connectivity index (χ0v) is 8.58. The second-order valence-corrected chi connectivity index (χ2v) is 2.86. The van der Waals surface area contributed by atoms with Crippen molar-refractivity contribution in [2.45, 2.75) is 19.4 Å². The van der Waals surface area contributed by atoms with Crippen molar-refractivity contribution in [1.82, 2.24) is 5.32 Å². The highest BCUT2D eigenvalue weighted by Gasteiger charge is 2.02. The summed E-state index contributed by atoms with van der Waals surface area (Å²) in [6.07, 6.45) is 1.04. The number of hydrogen-bond acceptors (Lipinski definition) is 4. The molecule has 0 aliphatic heterocycles. The zero-order valence-electron chi connectivity index (χ0n) is 8.58. The van der Waals surface area contributed by atoms with Crippen LogP contribution >= 0.6 is 0 Å². The Morgan fingerprint density at radius 1 is 1.23 bits per heavy atom. The molecule has 0 heterocycles. The summed E-state index contributed by atoms with van der Waals surface area (Å²) < 4.78 is 10.5. The van der Waals surface area contributed by atoms with Crippen LogP contribution in [0.25, 0.3) is 0 Å². The van der Waals surface area contributed by atoms with Gasteiger partial charge in [-0.05, 0) is 13.5 Å². The SMILES string of the molecule is CCCOCCOCC(CO)NC. The van der Waals surface area contributed by atoms with Gasteiger partial charge in [-0.2, -0.15) is 0 Å². The number of nitrogens with one attached hydrogen (secondary N) is 1. The summed E-state index contributed by atoms with van der Waals surface area (Å²) in [4.78, 5) is 0. The van der Waals surface area contributed by atoms with Crippen LogP contribution in [0.3, 0.4) is 0 Å². The Morgan fingerprint density at radius 2 is 1.92 bits per heavy atom. The lowest BCUT2D eigenvalue weighted by Crippen LogP contribution is -2.34. The van der Waals surface area contributed by atoms with Gasteiger partial charge in [0, 0.05) is 6.61 Å². The first-order valence-electron chi connectivity index (χ1n) is 4.78. The highest BCUT2D eigenvalue weighted by Crippen LogP contribution is 1.85. The van der Waals surface area contributed by atoms with Crippen molar-refractivity contribution >= 4 is 0 Å². The standard InChI is InChI=1S/C9H21NO3/c1-3-4-12-5-6-13-8-9(7-11)10-2/h9-11H,3-8H2,1-2H3. The van der Waals surface area contributed by atoms with Crippen molar-refractivity contribution in [3.05, 3.63) is 0 Å². The zero-order chi connectivity index (χ0) is 9.94. The Kier molecular flexibility index (Phi) is 9.80. The summed E-state index contributed by atoms with van der Waals surface area (Å²) in [5, 5.41) is 11.7. The fraction of sp³-hybridized carbons (Fsp3) is 1.00. The van der Waals surface area contributed by atoms with Crippen molar-refractivity contribution in [2.24, 2.45) is 0 Å². The molecule has 0 aromatic heterocycles. The highest BCUT2D eigenvalue weighted by atomic mass is 16.5. The van der Waals surface area contributed by atoms with E-state index in [0.717, 1.165) is 13.0 Å². The number of ether oxygens (including phenoxy) is 2. The molecule has 1 atom stereocenters. The minimum atomic E-state index is 0.0335. The summed E-state index contributed by atoms with van der Waals surface area (Å²) in [6, 6.07) is 0.0335. The van der Waals surface area contributed by atoms with E-state index in [1.165, 1.54) is 0 Å². The van der Waals surface area contributed by atoms with Crippen LogP contribution in [0.15, 0.2) is 0 Å². The number of likely N-dealkylation sites (N-methyl/N-ethyl adjacent to an activating group) is 1. The Morgan fingerprint density at radius 3 is 2.46 bits per heavy atom. The molecule has 0 aromatic rings. The molecule has 1 unspecified atom stereocenters. The Balaban J connectivity index is 3.05. The molecule has 0 rings (SSSR count). The van der Waals surface area contributed by atoms with Crippen molar-refractivity contribution < 1.29 is 14.6 Å². The van der Waals surface area contributed by atoms with Crippen LogP contribution in [0, 0.1) is 0 Å². The third-order valence-corrected chi connectivity index (χ3v) is 1.67. The average molecular weight is 191 g/mol. The van der Waals surface area contributed by atoms with Crippen molar-refractivity contribution in [3.8, 4) is 0 Å². The van der Waals surface area contributed by atoms with Crippen LogP contribution in [-0.2, 0) is 9.47 Å². The van der Waals surface area contributed by atoms with Gasteiger partial charge in [0.25, 0.3) is 0 Å². The molecule has 0 fully saturated rings. The first-order valence-corrected chi connectivity index (χ1v) is 4.78. The normalized spacial score (nSPS) is 13.2. The molecule has 4 nitrogen and oxygen atoms in total. The molecule has 2 N–H and O–H groups in total. The molecular weight excluding hydrogens is 170 g/mol. The fourth-order valence-electron chi connectivity index (χ4n) is 0.817. The van der Waals surface area contributed by atoms with Crippen LogP contribution in [0.4, 0.5) is 0 Å². The monoisotopic (exact) mass is 191 g/mol. The molecule has 0 radical (unpaired) electrons. The Labute approximate surface area is 80.2 Å². The van der Waals surface area contributed by atoms with Crippen LogP contribution < -0.4 is 5.32 Å². The lowest BCUT2D eigenvalue weighted by atomic mass is 10.3. The predicted molar refractivity (Wildman–Crippen MR) is 51.9 cm³/mol. The van der Waals surface area contributed by atoms with Gasteiger partial charge in [-0.1, -0.05) is 6.92 Å². The van der Waals surface area contributed by atoms with E-state index in [1.807, 2.05) is 0 Å². The van der Waals surface area contributed by atoms with Gasteiger partial charge in [-0.25, -0.2) is 0 Å². The molecule has 0 aromatic carbocycles. The average Bonchev–Trinajstić information content (AvgIpc) is 2.17. The summed E-state index contributed by atoms with van der Waals surface area (Å²) >= 11 is 0. The van der Waals surface area contributed by atoms with Gasteiger partial charge in [0.1, 0.15) is 0 Å². The van der Waals surface area contributed by atoms with E-state index in [2.05, 4.69) is 12.2 Å². The molecule has 0 spiro atoms. The number of rotatable bonds is 9. The van der Waals surface area contributed by atoms with Crippen molar-refractivity contribution in [2.75, 3.05) is 40.1 Å². The van der Waals surface area contributed by atoms with Gasteiger partial charge >= 0.3 is 0 Å². The van der Waals surface area contributed by atoms with Gasteiger partial charge < -0.3 is 19.9 Å². The fourth-order valence-corrected chi connectivity index (χ4v) is 0.817. The molecule has 13 heavy (non-hydrogen) atoms.